The molecule has 0 bridgehead atoms. The number of benzene rings is 2. The quantitative estimate of drug-likeness (QED) is 0.672. The Balaban J connectivity index is 1.66. The first-order chi connectivity index (χ1) is 12.9. The second-order valence-corrected chi connectivity index (χ2v) is 6.40. The highest BCUT2D eigenvalue weighted by molar-refractivity contribution is 6.38. The number of nitrogens with one attached hydrogen (secondary N) is 2. The molecule has 2 amide bonds. The number of amides is 2. The first kappa shape index (κ1) is 18.9. The van der Waals surface area contributed by atoms with Gasteiger partial charge in [-0.05, 0) is 36.4 Å². The van der Waals surface area contributed by atoms with E-state index in [2.05, 4.69) is 20.6 Å². The molecule has 0 aliphatic carbocycles. The van der Waals surface area contributed by atoms with Gasteiger partial charge in [-0.15, -0.1) is 0 Å². The summed E-state index contributed by atoms with van der Waals surface area (Å²) in [4.78, 5) is 31.3. The Morgan fingerprint density at radius 1 is 1.04 bits per heavy atom. The molecular weight excluding hydrogens is 391 g/mol. The Kier molecular flexibility index (Phi) is 5.73. The number of hydrogen-bond donors (Lipinski definition) is 2. The van der Waals surface area contributed by atoms with Gasteiger partial charge in [0.15, 0.2) is 6.61 Å². The number of carbonyl (C=O) groups is 2. The molecule has 0 fully saturated rings. The predicted molar refractivity (Wildman–Crippen MR) is 104 cm³/mol. The normalized spacial score (nSPS) is 10.5. The number of halogens is 2. The maximum absolute atomic E-state index is 12.1. The number of nitrogens with zero attached hydrogens (tertiary/aromatic N) is 2. The lowest BCUT2D eigenvalue weighted by Gasteiger charge is -2.10. The summed E-state index contributed by atoms with van der Waals surface area (Å²) in [6, 6.07) is 9.89. The second-order valence-electron chi connectivity index (χ2n) is 5.56. The van der Waals surface area contributed by atoms with Crippen LogP contribution in [0, 0.1) is 0 Å². The zero-order chi connectivity index (χ0) is 19.4. The van der Waals surface area contributed by atoms with Crippen molar-refractivity contribution in [2.45, 2.75) is 6.92 Å². The van der Waals surface area contributed by atoms with Crippen molar-refractivity contribution in [2.24, 2.45) is 0 Å². The fourth-order valence-electron chi connectivity index (χ4n) is 2.35. The first-order valence-corrected chi connectivity index (χ1v) is 8.58. The third kappa shape index (κ3) is 4.84. The van der Waals surface area contributed by atoms with Crippen molar-refractivity contribution in [3.63, 3.8) is 0 Å². The van der Waals surface area contributed by atoms with E-state index < -0.39 is 0 Å². The summed E-state index contributed by atoms with van der Waals surface area (Å²) in [6.07, 6.45) is 1.30. The number of hydrogen-bond acceptors (Lipinski definition) is 5. The molecule has 0 aliphatic rings. The van der Waals surface area contributed by atoms with Crippen molar-refractivity contribution >= 4 is 57.3 Å². The molecule has 1 heterocycles. The molecule has 138 valence electrons. The average Bonchev–Trinajstić information content (AvgIpc) is 2.61. The summed E-state index contributed by atoms with van der Waals surface area (Å²) in [7, 11) is 0. The van der Waals surface area contributed by atoms with Gasteiger partial charge in [0.2, 0.25) is 11.8 Å². The number of fused-ring (bicyclic) bond motifs is 1. The Morgan fingerprint density at radius 2 is 1.70 bits per heavy atom. The van der Waals surface area contributed by atoms with Crippen LogP contribution >= 0.6 is 23.2 Å². The minimum Gasteiger partial charge on any atom is -0.467 e. The molecule has 0 spiro atoms. The van der Waals surface area contributed by atoms with Gasteiger partial charge in [-0.1, -0.05) is 23.2 Å². The number of rotatable bonds is 5. The second kappa shape index (κ2) is 8.20. The standard InChI is InChI=1S/C18H14Cl2N4O3/c1-10(25)23-12-2-4-13(5-3-12)24-16(26)8-27-18-14-6-11(19)7-15(20)17(14)21-9-22-18/h2-7,9H,8H2,1H3,(H,23,25)(H,24,26). The van der Waals surface area contributed by atoms with Crippen LogP contribution in [0.3, 0.4) is 0 Å². The molecule has 9 heteroatoms. The third-order valence-corrected chi connectivity index (χ3v) is 3.96. The van der Waals surface area contributed by atoms with Crippen molar-refractivity contribution in [3.05, 3.63) is 52.8 Å². The van der Waals surface area contributed by atoms with E-state index in [0.717, 1.165) is 0 Å². The van der Waals surface area contributed by atoms with Crippen LogP contribution in [0.5, 0.6) is 5.88 Å². The van der Waals surface area contributed by atoms with Crippen LogP contribution in [0.1, 0.15) is 6.92 Å². The molecule has 7 nitrogen and oxygen atoms in total. The summed E-state index contributed by atoms with van der Waals surface area (Å²) in [6.45, 7) is 1.16. The number of aromatic nitrogens is 2. The summed E-state index contributed by atoms with van der Waals surface area (Å²) in [5, 5.41) is 6.64. The zero-order valence-corrected chi connectivity index (χ0v) is 15.6. The van der Waals surface area contributed by atoms with Crippen molar-refractivity contribution < 1.29 is 14.3 Å². The van der Waals surface area contributed by atoms with Crippen LogP contribution in [-0.2, 0) is 9.59 Å². The van der Waals surface area contributed by atoms with Gasteiger partial charge in [-0.25, -0.2) is 9.97 Å². The van der Waals surface area contributed by atoms with E-state index in [9.17, 15) is 9.59 Å². The molecule has 0 atom stereocenters. The third-order valence-electron chi connectivity index (χ3n) is 3.45. The van der Waals surface area contributed by atoms with Crippen LogP contribution in [-0.4, -0.2) is 28.4 Å². The van der Waals surface area contributed by atoms with E-state index in [1.807, 2.05) is 0 Å². The van der Waals surface area contributed by atoms with E-state index in [1.165, 1.54) is 13.3 Å². The van der Waals surface area contributed by atoms with Crippen molar-refractivity contribution in [1.29, 1.82) is 0 Å². The van der Waals surface area contributed by atoms with E-state index in [1.54, 1.807) is 36.4 Å². The lowest BCUT2D eigenvalue weighted by Crippen LogP contribution is -2.20. The van der Waals surface area contributed by atoms with Crippen LogP contribution in [0.15, 0.2) is 42.7 Å². The molecule has 2 aromatic carbocycles. The van der Waals surface area contributed by atoms with Gasteiger partial charge in [-0.3, -0.25) is 9.59 Å². The van der Waals surface area contributed by atoms with Crippen molar-refractivity contribution in [2.75, 3.05) is 17.2 Å². The van der Waals surface area contributed by atoms with Gasteiger partial charge in [0, 0.05) is 23.3 Å². The summed E-state index contributed by atoms with van der Waals surface area (Å²) in [5.74, 6) is -0.333. The molecule has 0 unspecified atom stereocenters. The minimum absolute atomic E-state index is 0.169. The van der Waals surface area contributed by atoms with Gasteiger partial charge in [0.25, 0.3) is 5.91 Å². The Hall–Kier alpha value is -2.90. The van der Waals surface area contributed by atoms with Gasteiger partial charge in [0.05, 0.1) is 15.9 Å². The molecule has 0 radical (unpaired) electrons. The topological polar surface area (TPSA) is 93.2 Å². The van der Waals surface area contributed by atoms with Crippen molar-refractivity contribution in [3.8, 4) is 5.88 Å². The number of carbonyl (C=O) groups excluding carboxylic acids is 2. The summed E-state index contributed by atoms with van der Waals surface area (Å²) < 4.78 is 5.50. The minimum atomic E-state index is -0.373. The van der Waals surface area contributed by atoms with Crippen LogP contribution in [0.25, 0.3) is 10.9 Å². The first-order valence-electron chi connectivity index (χ1n) is 7.82. The molecule has 3 rings (SSSR count). The highest BCUT2D eigenvalue weighted by Crippen LogP contribution is 2.30. The van der Waals surface area contributed by atoms with Gasteiger partial charge in [-0.2, -0.15) is 0 Å². The zero-order valence-electron chi connectivity index (χ0n) is 14.1. The Bertz CT molecular complexity index is 1010. The monoisotopic (exact) mass is 404 g/mol. The van der Waals surface area contributed by atoms with E-state index in [-0.39, 0.29) is 24.3 Å². The molecule has 0 aliphatic heterocycles. The predicted octanol–water partition coefficient (Wildman–Crippen LogP) is 3.91. The Morgan fingerprint density at radius 3 is 2.37 bits per heavy atom. The lowest BCUT2D eigenvalue weighted by molar-refractivity contribution is -0.118. The largest absolute Gasteiger partial charge is 0.467 e. The van der Waals surface area contributed by atoms with Crippen LogP contribution < -0.4 is 15.4 Å². The fraction of sp³-hybridized carbons (Fsp3) is 0.111. The van der Waals surface area contributed by atoms with Gasteiger partial charge >= 0.3 is 0 Å². The smallest absolute Gasteiger partial charge is 0.262 e. The summed E-state index contributed by atoms with van der Waals surface area (Å²) in [5.41, 5.74) is 1.69. The molecule has 0 saturated carbocycles. The molecule has 3 aromatic rings. The Labute approximate surface area is 164 Å². The highest BCUT2D eigenvalue weighted by atomic mass is 35.5. The van der Waals surface area contributed by atoms with Gasteiger partial charge in [0.1, 0.15) is 6.33 Å². The van der Waals surface area contributed by atoms with E-state index >= 15 is 0 Å². The van der Waals surface area contributed by atoms with Crippen LogP contribution in [0.2, 0.25) is 10.0 Å². The van der Waals surface area contributed by atoms with E-state index in [0.29, 0.717) is 32.3 Å². The average molecular weight is 405 g/mol. The molecule has 27 heavy (non-hydrogen) atoms. The number of ether oxygens (including phenoxy) is 1. The number of anilines is 2. The maximum atomic E-state index is 12.1. The maximum Gasteiger partial charge on any atom is 0.262 e. The van der Waals surface area contributed by atoms with E-state index in [4.69, 9.17) is 27.9 Å². The van der Waals surface area contributed by atoms with Crippen LogP contribution in [0.4, 0.5) is 11.4 Å². The lowest BCUT2D eigenvalue weighted by atomic mass is 10.2. The van der Waals surface area contributed by atoms with Gasteiger partial charge < -0.3 is 15.4 Å². The molecule has 0 saturated heterocycles. The summed E-state index contributed by atoms with van der Waals surface area (Å²) >= 11 is 12.1. The highest BCUT2D eigenvalue weighted by Gasteiger charge is 2.11. The molecular formula is C18H14Cl2N4O3. The fourth-order valence-corrected chi connectivity index (χ4v) is 2.90. The molecule has 2 N–H and O–H groups in total. The SMILES string of the molecule is CC(=O)Nc1ccc(NC(=O)COc2ncnc3c(Cl)cc(Cl)cc23)cc1. The van der Waals surface area contributed by atoms with Crippen molar-refractivity contribution in [1.82, 2.24) is 9.97 Å². The molecule has 1 aromatic heterocycles.